The Bertz CT molecular complexity index is 528. The first-order valence-corrected chi connectivity index (χ1v) is 5.22. The minimum absolute atomic E-state index is 0.481. The molecule has 4 rings (SSSR count). The zero-order valence-electron chi connectivity index (χ0n) is 8.44. The van der Waals surface area contributed by atoms with Crippen molar-refractivity contribution in [1.29, 1.82) is 0 Å². The number of hydroxylamine groups is 1. The maximum Gasteiger partial charge on any atom is 0.220 e. The van der Waals surface area contributed by atoms with Gasteiger partial charge >= 0.3 is 0 Å². The Balaban J connectivity index is 2.02. The SMILES string of the molecule is c1ccc2c(c1)Oc1ccccc1C21NO1. The van der Waals surface area contributed by atoms with Gasteiger partial charge in [0.1, 0.15) is 11.5 Å². The molecule has 0 radical (unpaired) electrons. The average Bonchev–Trinajstić information content (AvgIpc) is 3.11. The summed E-state index contributed by atoms with van der Waals surface area (Å²) in [6.45, 7) is 0. The van der Waals surface area contributed by atoms with Crippen LogP contribution in [0.2, 0.25) is 0 Å². The fraction of sp³-hybridized carbons (Fsp3) is 0.0769. The fourth-order valence-electron chi connectivity index (χ4n) is 2.23. The third kappa shape index (κ3) is 0.894. The summed E-state index contributed by atoms with van der Waals surface area (Å²) in [6.07, 6.45) is 0. The van der Waals surface area contributed by atoms with Crippen molar-refractivity contribution in [3.8, 4) is 11.5 Å². The van der Waals surface area contributed by atoms with E-state index >= 15 is 0 Å². The molecule has 0 saturated carbocycles. The normalized spacial score (nSPS) is 18.5. The molecule has 1 N–H and O–H groups in total. The molecule has 78 valence electrons. The topological polar surface area (TPSA) is 43.7 Å². The van der Waals surface area contributed by atoms with Crippen LogP contribution in [0, 0.1) is 0 Å². The van der Waals surface area contributed by atoms with Crippen LogP contribution in [0.1, 0.15) is 11.1 Å². The van der Waals surface area contributed by atoms with Gasteiger partial charge in [-0.1, -0.05) is 36.4 Å². The molecule has 1 fully saturated rings. The molecule has 2 aromatic carbocycles. The van der Waals surface area contributed by atoms with Crippen molar-refractivity contribution in [1.82, 2.24) is 5.48 Å². The quantitative estimate of drug-likeness (QED) is 0.681. The van der Waals surface area contributed by atoms with Crippen LogP contribution >= 0.6 is 0 Å². The highest BCUT2D eigenvalue weighted by atomic mass is 16.8. The lowest BCUT2D eigenvalue weighted by molar-refractivity contribution is 0.304. The third-order valence-electron chi connectivity index (χ3n) is 3.06. The largest absolute Gasteiger partial charge is 0.456 e. The van der Waals surface area contributed by atoms with E-state index in [1.165, 1.54) is 0 Å². The summed E-state index contributed by atoms with van der Waals surface area (Å²) in [7, 11) is 0. The number of fused-ring (bicyclic) bond motifs is 4. The van der Waals surface area contributed by atoms with E-state index in [0.29, 0.717) is 0 Å². The zero-order valence-corrected chi connectivity index (χ0v) is 8.44. The van der Waals surface area contributed by atoms with E-state index in [-0.39, 0.29) is 0 Å². The van der Waals surface area contributed by atoms with Crippen molar-refractivity contribution in [2.45, 2.75) is 5.72 Å². The molecule has 1 spiro atoms. The average molecular weight is 211 g/mol. The van der Waals surface area contributed by atoms with Gasteiger partial charge in [0.25, 0.3) is 0 Å². The Morgan fingerprint density at radius 1 is 0.812 bits per heavy atom. The summed E-state index contributed by atoms with van der Waals surface area (Å²) in [6, 6.07) is 15.8. The van der Waals surface area contributed by atoms with E-state index in [4.69, 9.17) is 9.57 Å². The van der Waals surface area contributed by atoms with Crippen LogP contribution in [0.5, 0.6) is 11.5 Å². The van der Waals surface area contributed by atoms with Crippen molar-refractivity contribution in [2.75, 3.05) is 0 Å². The molecule has 0 aromatic heterocycles. The highest BCUT2D eigenvalue weighted by Gasteiger charge is 2.54. The van der Waals surface area contributed by atoms with Gasteiger partial charge in [-0.15, -0.1) is 0 Å². The van der Waals surface area contributed by atoms with Gasteiger partial charge in [0.05, 0.1) is 11.1 Å². The van der Waals surface area contributed by atoms with Crippen LogP contribution in [0.15, 0.2) is 48.5 Å². The molecule has 1 saturated heterocycles. The summed E-state index contributed by atoms with van der Waals surface area (Å²) in [5.74, 6) is 1.71. The molecule has 0 amide bonds. The highest BCUT2D eigenvalue weighted by Crippen LogP contribution is 2.51. The number of benzene rings is 2. The zero-order chi connectivity index (χ0) is 10.6. The van der Waals surface area contributed by atoms with E-state index in [1.807, 2.05) is 48.5 Å². The Morgan fingerprint density at radius 2 is 1.31 bits per heavy atom. The predicted molar refractivity (Wildman–Crippen MR) is 58.0 cm³/mol. The summed E-state index contributed by atoms with van der Waals surface area (Å²) in [4.78, 5) is 5.46. The molecule has 0 unspecified atom stereocenters. The van der Waals surface area contributed by atoms with Gasteiger partial charge in [-0.05, 0) is 12.1 Å². The standard InChI is InChI=1S/C13H9NO2/c1-3-7-11-9(5-1)13(14-16-13)10-6-2-4-8-12(10)15-11/h1-8,14H. The lowest BCUT2D eigenvalue weighted by Crippen LogP contribution is -2.20. The summed E-state index contributed by atoms with van der Waals surface area (Å²) in [5.41, 5.74) is 4.57. The van der Waals surface area contributed by atoms with Gasteiger partial charge in [-0.25, -0.2) is 0 Å². The maximum absolute atomic E-state index is 5.83. The van der Waals surface area contributed by atoms with Gasteiger partial charge in [-0.2, -0.15) is 5.48 Å². The molecular weight excluding hydrogens is 202 g/mol. The van der Waals surface area contributed by atoms with Crippen LogP contribution in [-0.4, -0.2) is 0 Å². The number of ether oxygens (including phenoxy) is 1. The van der Waals surface area contributed by atoms with Gasteiger partial charge in [-0.3, -0.25) is 4.84 Å². The van der Waals surface area contributed by atoms with E-state index in [0.717, 1.165) is 22.6 Å². The summed E-state index contributed by atoms with van der Waals surface area (Å²) in [5, 5.41) is 0. The number of para-hydroxylation sites is 2. The lowest BCUT2D eigenvalue weighted by atomic mass is 9.93. The first kappa shape index (κ1) is 8.33. The van der Waals surface area contributed by atoms with E-state index in [1.54, 1.807) is 0 Å². The van der Waals surface area contributed by atoms with Gasteiger partial charge < -0.3 is 4.74 Å². The number of hydrogen-bond acceptors (Lipinski definition) is 3. The van der Waals surface area contributed by atoms with E-state index < -0.39 is 5.72 Å². The van der Waals surface area contributed by atoms with Crippen molar-refractivity contribution >= 4 is 0 Å². The highest BCUT2D eigenvalue weighted by molar-refractivity contribution is 5.56. The lowest BCUT2D eigenvalue weighted by Gasteiger charge is -2.23. The molecule has 2 aliphatic rings. The van der Waals surface area contributed by atoms with Crippen LogP contribution in [0.3, 0.4) is 0 Å². The van der Waals surface area contributed by atoms with Gasteiger partial charge in [0, 0.05) is 0 Å². The molecule has 3 heteroatoms. The van der Waals surface area contributed by atoms with E-state index in [9.17, 15) is 0 Å². The fourth-order valence-corrected chi connectivity index (χ4v) is 2.23. The number of hydrogen-bond donors (Lipinski definition) is 1. The van der Waals surface area contributed by atoms with Crippen LogP contribution in [0.4, 0.5) is 0 Å². The molecule has 0 aliphatic carbocycles. The van der Waals surface area contributed by atoms with Crippen LogP contribution < -0.4 is 10.2 Å². The molecular formula is C13H9NO2. The molecule has 0 atom stereocenters. The third-order valence-corrected chi connectivity index (χ3v) is 3.06. The molecule has 2 aromatic rings. The summed E-state index contributed by atoms with van der Waals surface area (Å²) >= 11 is 0. The predicted octanol–water partition coefficient (Wildman–Crippen LogP) is 2.53. The Labute approximate surface area is 92.6 Å². The summed E-state index contributed by atoms with van der Waals surface area (Å²) < 4.78 is 5.83. The number of nitrogens with one attached hydrogen (secondary N) is 1. The molecule has 16 heavy (non-hydrogen) atoms. The minimum Gasteiger partial charge on any atom is -0.456 e. The van der Waals surface area contributed by atoms with Crippen LogP contribution in [-0.2, 0) is 10.6 Å². The molecule has 2 heterocycles. The molecule has 0 bridgehead atoms. The first-order valence-electron chi connectivity index (χ1n) is 5.22. The Morgan fingerprint density at radius 3 is 1.81 bits per heavy atom. The Hall–Kier alpha value is -1.84. The van der Waals surface area contributed by atoms with Crippen LogP contribution in [0.25, 0.3) is 0 Å². The van der Waals surface area contributed by atoms with Gasteiger partial charge in [0.2, 0.25) is 5.72 Å². The second kappa shape index (κ2) is 2.64. The Kier molecular flexibility index (Phi) is 1.37. The molecule has 2 aliphatic heterocycles. The number of rotatable bonds is 0. The maximum atomic E-state index is 5.83. The molecule has 3 nitrogen and oxygen atoms in total. The van der Waals surface area contributed by atoms with Crippen molar-refractivity contribution in [3.63, 3.8) is 0 Å². The second-order valence-electron chi connectivity index (χ2n) is 3.98. The monoisotopic (exact) mass is 211 g/mol. The van der Waals surface area contributed by atoms with Crippen molar-refractivity contribution < 1.29 is 9.57 Å². The van der Waals surface area contributed by atoms with Crippen molar-refractivity contribution in [2.24, 2.45) is 0 Å². The first-order chi connectivity index (χ1) is 7.90. The van der Waals surface area contributed by atoms with Crippen molar-refractivity contribution in [3.05, 3.63) is 59.7 Å². The smallest absolute Gasteiger partial charge is 0.220 e. The second-order valence-corrected chi connectivity index (χ2v) is 3.98. The van der Waals surface area contributed by atoms with E-state index in [2.05, 4.69) is 5.48 Å². The van der Waals surface area contributed by atoms with Gasteiger partial charge in [0.15, 0.2) is 0 Å². The minimum atomic E-state index is -0.481.